The van der Waals surface area contributed by atoms with Crippen LogP contribution in [0.25, 0.3) is 0 Å². The maximum atomic E-state index is 14.3. The van der Waals surface area contributed by atoms with E-state index in [1.165, 1.54) is 60.4 Å². The van der Waals surface area contributed by atoms with Crippen LogP contribution in [0, 0.1) is 5.92 Å². The van der Waals surface area contributed by atoms with Crippen LogP contribution < -0.4 is 54.4 Å². The third-order valence-electron chi connectivity index (χ3n) is 12.9. The predicted octanol–water partition coefficient (Wildman–Crippen LogP) is -3.49. The number of aliphatic hydroxyl groups is 2. The van der Waals surface area contributed by atoms with Gasteiger partial charge in [-0.3, -0.25) is 43.2 Å². The van der Waals surface area contributed by atoms with Gasteiger partial charge in [0.1, 0.15) is 53.8 Å². The zero-order valence-corrected chi connectivity index (χ0v) is 43.2. The van der Waals surface area contributed by atoms with Crippen molar-refractivity contribution in [2.75, 3.05) is 19.7 Å². The van der Waals surface area contributed by atoms with Crippen molar-refractivity contribution >= 4 is 59.1 Å². The molecule has 0 aliphatic carbocycles. The first-order valence-corrected chi connectivity index (χ1v) is 25.2. The number of hydrogen-bond donors (Lipinski definition) is 15. The fraction of sp³-hybridized carbons (Fsp3) is 0.560. The Morgan fingerprint density at radius 1 is 0.658 bits per heavy atom. The number of carboxylic acids is 1. The molecule has 1 fully saturated rings. The van der Waals surface area contributed by atoms with Crippen molar-refractivity contribution < 1.29 is 73.5 Å². The monoisotopic (exact) mass is 1070 g/mol. The number of phenols is 2. The van der Waals surface area contributed by atoms with Crippen LogP contribution in [0.4, 0.5) is 0 Å². The molecule has 2 aromatic rings. The van der Waals surface area contributed by atoms with Crippen LogP contribution in [0.3, 0.4) is 0 Å². The van der Waals surface area contributed by atoms with E-state index in [1.807, 2.05) is 0 Å². The first-order valence-electron chi connectivity index (χ1n) is 25.2. The minimum absolute atomic E-state index is 0.0515. The molecule has 2 aromatic carbocycles. The summed E-state index contributed by atoms with van der Waals surface area (Å²) in [5.41, 5.74) is 17.8. The Kier molecular flexibility index (Phi) is 25.5. The Labute approximate surface area is 440 Å². The number of primary amides is 1. The number of aliphatic hydroxyl groups excluding tert-OH is 2. The number of carbonyl (C=O) groups is 10. The number of amides is 9. The summed E-state index contributed by atoms with van der Waals surface area (Å²) in [5, 5.41) is 67.1. The second kappa shape index (κ2) is 30.8. The van der Waals surface area contributed by atoms with Crippen LogP contribution in [0.15, 0.2) is 48.5 Å². The summed E-state index contributed by atoms with van der Waals surface area (Å²) in [5.74, 6) is -9.83. The molecule has 18 N–H and O–H groups in total. The molecule has 76 heavy (non-hydrogen) atoms. The summed E-state index contributed by atoms with van der Waals surface area (Å²) in [6.07, 6.45) is -0.423. The van der Waals surface area contributed by atoms with Crippen molar-refractivity contribution in [2.45, 2.75) is 152 Å². The molecular weight excluding hydrogens is 995 g/mol. The van der Waals surface area contributed by atoms with Crippen molar-refractivity contribution in [1.82, 2.24) is 42.1 Å². The lowest BCUT2D eigenvalue weighted by Gasteiger charge is -2.30. The Balaban J connectivity index is 1.79. The average molecular weight is 1070 g/mol. The molecule has 26 nitrogen and oxygen atoms in total. The maximum Gasteiger partial charge on any atom is 0.328 e. The van der Waals surface area contributed by atoms with Crippen LogP contribution in [0.5, 0.6) is 11.5 Å². The molecule has 26 heteroatoms. The number of benzene rings is 2. The van der Waals surface area contributed by atoms with E-state index in [-0.39, 0.29) is 63.1 Å². The number of unbranched alkanes of at least 4 members (excludes halogenated alkanes) is 1. The molecule has 0 unspecified atom stereocenters. The highest BCUT2D eigenvalue weighted by Gasteiger charge is 2.40. The third-order valence-corrected chi connectivity index (χ3v) is 12.9. The van der Waals surface area contributed by atoms with E-state index in [1.54, 1.807) is 13.8 Å². The Bertz CT molecular complexity index is 2320. The van der Waals surface area contributed by atoms with Gasteiger partial charge in [0, 0.05) is 25.8 Å². The quantitative estimate of drug-likeness (QED) is 0.0326. The zero-order valence-electron chi connectivity index (χ0n) is 43.2. The third kappa shape index (κ3) is 19.7. The molecule has 0 saturated carbocycles. The van der Waals surface area contributed by atoms with Gasteiger partial charge in [-0.25, -0.2) is 4.79 Å². The largest absolute Gasteiger partial charge is 0.508 e. The number of phenolic OH excluding ortho intramolecular Hbond substituents is 2. The SMILES string of the molecule is CC[C@H](C)[C@H](NC(=O)[C@H](Cc1ccc(O)cc1)NC(=O)[C@H](CCCCN)NC(=O)[C@@H](N)CCC(N)=O)C(=O)N[C@@H](CO)C(=O)N[C@@H](C)C(=O)N1CCC[C@H]1C(=O)N[C@@H](Cc1ccc(O)cc1)C(=O)N[C@H](C(=O)O)[C@@H](C)O. The number of carboxylic acid groups (broad SMARTS) is 1. The van der Waals surface area contributed by atoms with E-state index in [4.69, 9.17) is 17.2 Å². The minimum atomic E-state index is -1.73. The van der Waals surface area contributed by atoms with Gasteiger partial charge in [0.2, 0.25) is 53.2 Å². The van der Waals surface area contributed by atoms with Gasteiger partial charge in [-0.1, -0.05) is 44.5 Å². The number of carbonyl (C=O) groups excluding carboxylic acids is 9. The van der Waals surface area contributed by atoms with E-state index in [0.717, 1.165) is 6.92 Å². The number of likely N-dealkylation sites (tertiary alicyclic amines) is 1. The second-order valence-corrected chi connectivity index (χ2v) is 18.9. The van der Waals surface area contributed by atoms with Gasteiger partial charge >= 0.3 is 5.97 Å². The van der Waals surface area contributed by atoms with E-state index in [9.17, 15) is 73.5 Å². The number of rotatable bonds is 31. The summed E-state index contributed by atoms with van der Waals surface area (Å²) in [6.45, 7) is 5.18. The highest BCUT2D eigenvalue weighted by atomic mass is 16.4. The fourth-order valence-electron chi connectivity index (χ4n) is 8.14. The number of aliphatic carboxylic acids is 1. The smallest absolute Gasteiger partial charge is 0.328 e. The topological polar surface area (TPSA) is 437 Å². The highest BCUT2D eigenvalue weighted by Crippen LogP contribution is 2.20. The lowest BCUT2D eigenvalue weighted by Crippen LogP contribution is -2.61. The molecule has 0 bridgehead atoms. The number of hydrogen-bond acceptors (Lipinski definition) is 16. The van der Waals surface area contributed by atoms with Crippen LogP contribution in [-0.2, 0) is 60.8 Å². The van der Waals surface area contributed by atoms with E-state index in [0.29, 0.717) is 36.8 Å². The van der Waals surface area contributed by atoms with Crippen LogP contribution in [-0.4, -0.2) is 170 Å². The number of nitrogens with one attached hydrogen (secondary N) is 7. The first-order chi connectivity index (χ1) is 35.9. The van der Waals surface area contributed by atoms with Crippen LogP contribution in [0.2, 0.25) is 0 Å². The van der Waals surface area contributed by atoms with Gasteiger partial charge < -0.3 is 84.9 Å². The van der Waals surface area contributed by atoms with Crippen LogP contribution >= 0.6 is 0 Å². The lowest BCUT2D eigenvalue weighted by molar-refractivity contribution is -0.145. The summed E-state index contributed by atoms with van der Waals surface area (Å²) in [6, 6.07) is -1.16. The van der Waals surface area contributed by atoms with Gasteiger partial charge in [0.25, 0.3) is 0 Å². The van der Waals surface area contributed by atoms with Crippen molar-refractivity contribution in [1.29, 1.82) is 0 Å². The van der Waals surface area contributed by atoms with Gasteiger partial charge in [-0.05, 0) is 100 Å². The maximum absolute atomic E-state index is 14.3. The van der Waals surface area contributed by atoms with Gasteiger partial charge in [-0.15, -0.1) is 0 Å². The molecule has 0 spiro atoms. The van der Waals surface area contributed by atoms with E-state index < -0.39 is 132 Å². The Morgan fingerprint density at radius 3 is 1.66 bits per heavy atom. The van der Waals surface area contributed by atoms with E-state index >= 15 is 0 Å². The molecule has 11 atom stereocenters. The minimum Gasteiger partial charge on any atom is -0.508 e. The number of nitrogens with two attached hydrogens (primary N) is 3. The molecule has 0 radical (unpaired) electrons. The second-order valence-electron chi connectivity index (χ2n) is 18.9. The first kappa shape index (κ1) is 62.9. The molecule has 1 saturated heterocycles. The molecular formula is C50H75N11O15. The molecule has 1 heterocycles. The molecule has 1 aliphatic heterocycles. The summed E-state index contributed by atoms with van der Waals surface area (Å²) in [4.78, 5) is 134. The highest BCUT2D eigenvalue weighted by molar-refractivity contribution is 5.98. The summed E-state index contributed by atoms with van der Waals surface area (Å²) < 4.78 is 0. The van der Waals surface area contributed by atoms with Crippen molar-refractivity contribution in [3.8, 4) is 11.5 Å². The molecule has 0 aromatic heterocycles. The van der Waals surface area contributed by atoms with Gasteiger partial charge in [0.05, 0.1) is 18.8 Å². The van der Waals surface area contributed by atoms with E-state index in [2.05, 4.69) is 37.2 Å². The Morgan fingerprint density at radius 2 is 1.16 bits per heavy atom. The zero-order chi connectivity index (χ0) is 56.8. The normalized spacial score (nSPS) is 17.1. The number of aromatic hydroxyl groups is 2. The molecule has 1 aliphatic rings. The standard InChI is InChI=1S/C50H75N11O15/c1-5-26(2)40(59-44(69)35(23-29-11-15-31(64)16-12-29)56-43(68)34(9-6-7-21-51)55-42(67)33(52)19-20-39(53)66)48(73)58-37(25-62)46(71)54-27(3)49(74)61-22-8-10-38(61)47(72)57-36(24-30-13-17-32(65)18-14-30)45(70)60-41(28(4)63)50(75)76/h11-18,26-28,33-38,40-41,62-65H,5-10,19-25,51-52H2,1-4H3,(H2,53,66)(H,54,71)(H,55,67)(H,56,68)(H,57,72)(H,58,73)(H,59,69)(H,60,70)(H,75,76)/t26-,27-,28+,33-,34-,35-,36-,37-,38-,40-,41-/m0/s1. The molecule has 3 rings (SSSR count). The summed E-state index contributed by atoms with van der Waals surface area (Å²) >= 11 is 0. The van der Waals surface area contributed by atoms with Crippen molar-refractivity contribution in [2.24, 2.45) is 23.1 Å². The lowest BCUT2D eigenvalue weighted by atomic mass is 9.96. The number of nitrogens with zero attached hydrogens (tertiary/aromatic N) is 1. The summed E-state index contributed by atoms with van der Waals surface area (Å²) in [7, 11) is 0. The average Bonchev–Trinajstić information content (AvgIpc) is 3.88. The molecule has 9 amide bonds. The van der Waals surface area contributed by atoms with Gasteiger partial charge in [-0.2, -0.15) is 0 Å². The predicted molar refractivity (Wildman–Crippen MR) is 273 cm³/mol. The Hall–Kier alpha value is -7.42. The van der Waals surface area contributed by atoms with Crippen molar-refractivity contribution in [3.63, 3.8) is 0 Å². The fourth-order valence-corrected chi connectivity index (χ4v) is 8.14. The van der Waals surface area contributed by atoms with Crippen molar-refractivity contribution in [3.05, 3.63) is 59.7 Å². The van der Waals surface area contributed by atoms with Gasteiger partial charge in [0.15, 0.2) is 6.04 Å². The molecule has 420 valence electrons. The van der Waals surface area contributed by atoms with Crippen LogP contribution in [0.1, 0.15) is 90.2 Å².